The number of hydrogen-bond acceptors (Lipinski definition) is 2. The Morgan fingerprint density at radius 3 is 2.59 bits per heavy atom. The Balaban J connectivity index is 2.22. The Morgan fingerprint density at radius 2 is 1.76 bits per heavy atom. The monoisotopic (exact) mass is 220 g/mol. The van der Waals surface area contributed by atoms with E-state index in [1.807, 2.05) is 13.1 Å². The Morgan fingerprint density at radius 1 is 0.941 bits per heavy atom. The summed E-state index contributed by atoms with van der Waals surface area (Å²) in [6.07, 6.45) is 3.44. The zero-order valence-electron chi connectivity index (χ0n) is 9.59. The smallest absolute Gasteiger partial charge is 0.116 e. The number of benzene rings is 2. The maximum absolute atomic E-state index is 4.34. The van der Waals surface area contributed by atoms with E-state index >= 15 is 0 Å². The van der Waals surface area contributed by atoms with Crippen LogP contribution in [0.15, 0.2) is 55.0 Å². The predicted octanol–water partition coefficient (Wildman–Crippen LogP) is 3.61. The molecule has 0 radical (unpaired) electrons. The molecule has 0 atom stereocenters. The van der Waals surface area contributed by atoms with Gasteiger partial charge in [0, 0.05) is 11.8 Å². The van der Waals surface area contributed by atoms with E-state index in [4.69, 9.17) is 0 Å². The highest BCUT2D eigenvalue weighted by molar-refractivity contribution is 5.87. The van der Waals surface area contributed by atoms with Gasteiger partial charge in [-0.05, 0) is 29.3 Å². The predicted molar refractivity (Wildman–Crippen MR) is 69.7 cm³/mol. The number of fused-ring (bicyclic) bond motifs is 1. The highest BCUT2D eigenvalue weighted by Crippen LogP contribution is 2.24. The highest BCUT2D eigenvalue weighted by atomic mass is 14.8. The van der Waals surface area contributed by atoms with E-state index in [1.54, 1.807) is 6.33 Å². The number of nitrogens with zero attached hydrogens (tertiary/aromatic N) is 2. The van der Waals surface area contributed by atoms with E-state index in [1.165, 1.54) is 10.8 Å². The van der Waals surface area contributed by atoms with Crippen LogP contribution in [0.2, 0.25) is 0 Å². The van der Waals surface area contributed by atoms with Gasteiger partial charge < -0.3 is 0 Å². The maximum Gasteiger partial charge on any atom is 0.116 e. The van der Waals surface area contributed by atoms with Gasteiger partial charge in [-0.15, -0.1) is 0 Å². The number of aromatic nitrogens is 2. The first-order valence-corrected chi connectivity index (χ1v) is 5.60. The second-order valence-corrected chi connectivity index (χ2v) is 4.12. The van der Waals surface area contributed by atoms with Gasteiger partial charge in [-0.2, -0.15) is 0 Å². The summed E-state index contributed by atoms with van der Waals surface area (Å²) >= 11 is 0. The second kappa shape index (κ2) is 3.98. The molecular formula is C15H12N2. The minimum absolute atomic E-state index is 1.01. The lowest BCUT2D eigenvalue weighted by molar-refractivity contribution is 1.13. The zero-order chi connectivity index (χ0) is 11.7. The van der Waals surface area contributed by atoms with Crippen LogP contribution in [0.3, 0.4) is 0 Å². The van der Waals surface area contributed by atoms with Gasteiger partial charge in [0.15, 0.2) is 0 Å². The standard InChI is InChI=1S/C15H12N2/c1-11-9-16-10-17-15(11)14-7-6-12-4-2-3-5-13(12)8-14/h2-10H,1H3. The lowest BCUT2D eigenvalue weighted by Gasteiger charge is -2.05. The lowest BCUT2D eigenvalue weighted by Crippen LogP contribution is -1.89. The van der Waals surface area contributed by atoms with Crippen LogP contribution in [-0.4, -0.2) is 9.97 Å². The molecule has 82 valence electrons. The third kappa shape index (κ3) is 1.78. The fourth-order valence-electron chi connectivity index (χ4n) is 2.04. The SMILES string of the molecule is Cc1cncnc1-c1ccc2ccccc2c1. The second-order valence-electron chi connectivity index (χ2n) is 4.12. The molecule has 3 aromatic rings. The minimum Gasteiger partial charge on any atom is -0.245 e. The van der Waals surface area contributed by atoms with Gasteiger partial charge in [0.1, 0.15) is 6.33 Å². The fraction of sp³-hybridized carbons (Fsp3) is 0.0667. The van der Waals surface area contributed by atoms with Crippen LogP contribution in [0, 0.1) is 6.92 Å². The quantitative estimate of drug-likeness (QED) is 0.626. The molecule has 3 rings (SSSR count). The Labute approximate surface area is 100.0 Å². The summed E-state index contributed by atoms with van der Waals surface area (Å²) in [5.41, 5.74) is 3.25. The van der Waals surface area contributed by atoms with E-state index < -0.39 is 0 Å². The molecule has 0 unspecified atom stereocenters. The van der Waals surface area contributed by atoms with Gasteiger partial charge in [-0.3, -0.25) is 0 Å². The van der Waals surface area contributed by atoms with Gasteiger partial charge in [0.2, 0.25) is 0 Å². The van der Waals surface area contributed by atoms with Crippen molar-refractivity contribution < 1.29 is 0 Å². The molecule has 0 aliphatic rings. The summed E-state index contributed by atoms with van der Waals surface area (Å²) in [7, 11) is 0. The van der Waals surface area contributed by atoms with Crippen LogP contribution in [0.4, 0.5) is 0 Å². The average Bonchev–Trinajstić information content (AvgIpc) is 2.39. The van der Waals surface area contributed by atoms with Crippen LogP contribution in [0.5, 0.6) is 0 Å². The van der Waals surface area contributed by atoms with E-state index in [0.717, 1.165) is 16.8 Å². The zero-order valence-corrected chi connectivity index (χ0v) is 9.59. The van der Waals surface area contributed by atoms with Gasteiger partial charge in [-0.25, -0.2) is 9.97 Å². The van der Waals surface area contributed by atoms with E-state index in [-0.39, 0.29) is 0 Å². The van der Waals surface area contributed by atoms with Gasteiger partial charge in [0.25, 0.3) is 0 Å². The van der Waals surface area contributed by atoms with Crippen LogP contribution in [0.1, 0.15) is 5.56 Å². The van der Waals surface area contributed by atoms with Crippen molar-refractivity contribution in [2.75, 3.05) is 0 Å². The van der Waals surface area contributed by atoms with Crippen molar-refractivity contribution in [3.63, 3.8) is 0 Å². The van der Waals surface area contributed by atoms with Crippen molar-refractivity contribution in [1.29, 1.82) is 0 Å². The summed E-state index contributed by atoms with van der Waals surface area (Å²) < 4.78 is 0. The van der Waals surface area contributed by atoms with E-state index in [2.05, 4.69) is 52.4 Å². The molecule has 0 amide bonds. The number of hydrogen-bond donors (Lipinski definition) is 0. The molecule has 0 spiro atoms. The molecular weight excluding hydrogens is 208 g/mol. The van der Waals surface area contributed by atoms with E-state index in [9.17, 15) is 0 Å². The van der Waals surface area contributed by atoms with Crippen LogP contribution in [-0.2, 0) is 0 Å². The maximum atomic E-state index is 4.34. The molecule has 0 fully saturated rings. The molecule has 0 aliphatic carbocycles. The van der Waals surface area contributed by atoms with E-state index in [0.29, 0.717) is 0 Å². The number of rotatable bonds is 1. The molecule has 1 aromatic heterocycles. The summed E-state index contributed by atoms with van der Waals surface area (Å²) in [5, 5.41) is 2.49. The average molecular weight is 220 g/mol. The van der Waals surface area contributed by atoms with Crippen molar-refractivity contribution in [3.05, 3.63) is 60.6 Å². The number of aryl methyl sites for hydroxylation is 1. The van der Waals surface area contributed by atoms with Crippen molar-refractivity contribution in [2.24, 2.45) is 0 Å². The van der Waals surface area contributed by atoms with Crippen molar-refractivity contribution >= 4 is 10.8 Å². The summed E-state index contributed by atoms with van der Waals surface area (Å²) in [6, 6.07) is 14.8. The Hall–Kier alpha value is -2.22. The largest absolute Gasteiger partial charge is 0.245 e. The van der Waals surface area contributed by atoms with Gasteiger partial charge in [-0.1, -0.05) is 36.4 Å². The summed E-state index contributed by atoms with van der Waals surface area (Å²) in [5.74, 6) is 0. The first-order valence-electron chi connectivity index (χ1n) is 5.60. The Bertz CT molecular complexity index is 674. The van der Waals surface area contributed by atoms with Crippen molar-refractivity contribution in [3.8, 4) is 11.3 Å². The van der Waals surface area contributed by atoms with Crippen LogP contribution >= 0.6 is 0 Å². The summed E-state index contributed by atoms with van der Waals surface area (Å²) in [4.78, 5) is 8.37. The van der Waals surface area contributed by atoms with Crippen molar-refractivity contribution in [1.82, 2.24) is 9.97 Å². The molecule has 0 N–H and O–H groups in total. The lowest BCUT2D eigenvalue weighted by atomic mass is 10.0. The Kier molecular flexibility index (Phi) is 2.33. The molecule has 1 heterocycles. The highest BCUT2D eigenvalue weighted by Gasteiger charge is 2.03. The topological polar surface area (TPSA) is 25.8 Å². The molecule has 0 bridgehead atoms. The normalized spacial score (nSPS) is 10.6. The van der Waals surface area contributed by atoms with Gasteiger partial charge in [0.05, 0.1) is 5.69 Å². The van der Waals surface area contributed by atoms with Crippen molar-refractivity contribution in [2.45, 2.75) is 6.92 Å². The fourth-order valence-corrected chi connectivity index (χ4v) is 2.04. The molecule has 17 heavy (non-hydrogen) atoms. The third-order valence-corrected chi connectivity index (χ3v) is 2.92. The minimum atomic E-state index is 1.01. The van der Waals surface area contributed by atoms with Crippen LogP contribution in [0.25, 0.3) is 22.0 Å². The first kappa shape index (κ1) is 9.97. The molecule has 2 aromatic carbocycles. The molecule has 0 saturated carbocycles. The first-order chi connectivity index (χ1) is 8.34. The third-order valence-electron chi connectivity index (χ3n) is 2.92. The molecule has 0 saturated heterocycles. The summed E-state index contributed by atoms with van der Waals surface area (Å²) in [6.45, 7) is 2.03. The van der Waals surface area contributed by atoms with Crippen LogP contribution < -0.4 is 0 Å². The molecule has 0 aliphatic heterocycles. The van der Waals surface area contributed by atoms with Gasteiger partial charge >= 0.3 is 0 Å². The molecule has 2 nitrogen and oxygen atoms in total. The molecule has 2 heteroatoms.